The first-order chi connectivity index (χ1) is 20.9. The first-order valence-corrected chi connectivity index (χ1v) is 15.9. The van der Waals surface area contributed by atoms with Crippen LogP contribution in [0.15, 0.2) is 78.0 Å². The highest BCUT2D eigenvalue weighted by Crippen LogP contribution is 2.28. The first kappa shape index (κ1) is 32.8. The van der Waals surface area contributed by atoms with Gasteiger partial charge in [0.2, 0.25) is 16.0 Å². The summed E-state index contributed by atoms with van der Waals surface area (Å²) in [6, 6.07) is 15.2. The second kappa shape index (κ2) is 14.1. The van der Waals surface area contributed by atoms with Crippen LogP contribution in [-0.4, -0.2) is 80.3 Å². The van der Waals surface area contributed by atoms with Crippen LogP contribution >= 0.6 is 0 Å². The van der Waals surface area contributed by atoms with Crippen molar-refractivity contribution in [2.75, 3.05) is 30.4 Å². The van der Waals surface area contributed by atoms with Gasteiger partial charge in [-0.2, -0.15) is 4.72 Å². The highest BCUT2D eigenvalue weighted by molar-refractivity contribution is 7.89. The number of esters is 1. The normalized spacial score (nSPS) is 19.6. The van der Waals surface area contributed by atoms with Crippen LogP contribution in [0.3, 0.4) is 0 Å². The van der Waals surface area contributed by atoms with E-state index in [2.05, 4.69) is 37.1 Å². The Morgan fingerprint density at radius 3 is 2.30 bits per heavy atom. The third-order valence-electron chi connectivity index (χ3n) is 7.17. The topological polar surface area (TPSA) is 152 Å². The minimum atomic E-state index is -4.05. The number of anilines is 2. The second-order valence-corrected chi connectivity index (χ2v) is 13.2. The highest BCUT2D eigenvalue weighted by atomic mass is 32.2. The van der Waals surface area contributed by atoms with Crippen molar-refractivity contribution in [2.24, 2.45) is 0 Å². The number of hydrogen-bond donors (Lipinski definition) is 3. The van der Waals surface area contributed by atoms with E-state index in [1.807, 2.05) is 12.1 Å². The molecule has 1 fully saturated rings. The zero-order valence-corrected chi connectivity index (χ0v) is 26.4. The van der Waals surface area contributed by atoms with Crippen LogP contribution in [-0.2, 0) is 24.3 Å². The smallest absolute Gasteiger partial charge is 0.326 e. The van der Waals surface area contributed by atoms with Crippen molar-refractivity contribution in [1.29, 1.82) is 0 Å². The quantitative estimate of drug-likeness (QED) is 0.272. The maximum absolute atomic E-state index is 13.1. The number of piperidine rings is 1. The van der Waals surface area contributed by atoms with E-state index in [4.69, 9.17) is 9.47 Å². The molecule has 1 aliphatic heterocycles. The van der Waals surface area contributed by atoms with Crippen molar-refractivity contribution >= 4 is 33.5 Å². The second-order valence-electron chi connectivity index (χ2n) is 11.5. The lowest BCUT2D eigenvalue weighted by molar-refractivity contribution is -0.156. The van der Waals surface area contributed by atoms with Gasteiger partial charge in [0.25, 0.3) is 5.91 Å². The molecule has 1 aromatic heterocycles. The number of carbonyl (C=O) groups is 2. The fourth-order valence-electron chi connectivity index (χ4n) is 5.08. The summed E-state index contributed by atoms with van der Waals surface area (Å²) < 4.78 is 39.5. The molecule has 12 nitrogen and oxygen atoms in total. The number of rotatable bonds is 11. The minimum absolute atomic E-state index is 0.00590. The van der Waals surface area contributed by atoms with Gasteiger partial charge in [0.05, 0.1) is 23.1 Å². The van der Waals surface area contributed by atoms with Gasteiger partial charge in [-0.05, 0) is 76.6 Å². The zero-order valence-electron chi connectivity index (χ0n) is 25.6. The van der Waals surface area contributed by atoms with Gasteiger partial charge in [0.1, 0.15) is 11.6 Å². The third kappa shape index (κ3) is 8.52. The highest BCUT2D eigenvalue weighted by Gasteiger charge is 2.36. The zero-order chi connectivity index (χ0) is 31.9. The largest absolute Gasteiger partial charge is 0.459 e. The molecule has 4 atom stereocenters. The molecule has 0 aliphatic carbocycles. The molecule has 0 saturated carbocycles. The van der Waals surface area contributed by atoms with Gasteiger partial charge in [-0.15, -0.1) is 0 Å². The predicted octanol–water partition coefficient (Wildman–Crippen LogP) is 2.99. The number of sulfonamides is 1. The number of benzene rings is 2. The fourth-order valence-corrected chi connectivity index (χ4v) is 6.29. The Balaban J connectivity index is 1.41. The first-order valence-electron chi connectivity index (χ1n) is 14.4. The molecule has 0 radical (unpaired) electrons. The SMILES string of the molecule is CO[C@@H]1[C@@H](Nc2ncccn2)CCN(c2ccc(C(=O)NC[C@H](NS(=O)(=O)c3ccccc3)C(=O)OC(C)(C)C)cc2)[C@@H]1C. The Morgan fingerprint density at radius 2 is 1.68 bits per heavy atom. The number of nitrogens with one attached hydrogen (secondary N) is 3. The van der Waals surface area contributed by atoms with Gasteiger partial charge in [0.15, 0.2) is 0 Å². The Hall–Kier alpha value is -4.07. The van der Waals surface area contributed by atoms with Crippen LogP contribution < -0.4 is 20.3 Å². The number of carbonyl (C=O) groups excluding carboxylic acids is 2. The summed E-state index contributed by atoms with van der Waals surface area (Å²) in [7, 11) is -2.37. The lowest BCUT2D eigenvalue weighted by Crippen LogP contribution is -2.56. The average Bonchev–Trinajstić information content (AvgIpc) is 2.99. The van der Waals surface area contributed by atoms with Gasteiger partial charge in [-0.1, -0.05) is 18.2 Å². The standard InChI is InChI=1S/C31H40N6O6S/c1-21-27(42-5)25(35-30-32-17-9-18-33-30)16-19-37(21)23-14-12-22(13-15-23)28(38)34-20-26(29(39)43-31(2,3)4)36-44(40,41)24-10-7-6-8-11-24/h6-15,17-18,21,25-27,36H,16,19-20H2,1-5H3,(H,34,38)(H,32,33,35)/t21-,25+,26+,27+/m1/s1. The molecule has 4 rings (SSSR count). The molecule has 1 amide bonds. The molecule has 2 aromatic carbocycles. The van der Waals surface area contributed by atoms with E-state index in [0.29, 0.717) is 11.5 Å². The minimum Gasteiger partial charge on any atom is -0.459 e. The summed E-state index contributed by atoms with van der Waals surface area (Å²) >= 11 is 0. The fraction of sp³-hybridized carbons (Fsp3) is 0.419. The Kier molecular flexibility index (Phi) is 10.6. The van der Waals surface area contributed by atoms with Gasteiger partial charge in [-0.25, -0.2) is 18.4 Å². The van der Waals surface area contributed by atoms with E-state index in [1.54, 1.807) is 76.7 Å². The Bertz CT molecular complexity index is 1500. The Morgan fingerprint density at radius 1 is 1.02 bits per heavy atom. The molecule has 3 N–H and O–H groups in total. The molecule has 13 heteroatoms. The molecule has 1 saturated heterocycles. The predicted molar refractivity (Wildman–Crippen MR) is 167 cm³/mol. The maximum atomic E-state index is 13.1. The summed E-state index contributed by atoms with van der Waals surface area (Å²) in [5.41, 5.74) is 0.427. The lowest BCUT2D eigenvalue weighted by Gasteiger charge is -2.44. The van der Waals surface area contributed by atoms with E-state index < -0.39 is 33.5 Å². The maximum Gasteiger partial charge on any atom is 0.326 e. The van der Waals surface area contributed by atoms with E-state index in [9.17, 15) is 18.0 Å². The third-order valence-corrected chi connectivity index (χ3v) is 8.65. The molecular weight excluding hydrogens is 584 g/mol. The molecule has 236 valence electrons. The van der Waals surface area contributed by atoms with E-state index in [0.717, 1.165) is 18.7 Å². The number of methoxy groups -OCH3 is 1. The average molecular weight is 625 g/mol. The van der Waals surface area contributed by atoms with Crippen molar-refractivity contribution in [3.63, 3.8) is 0 Å². The van der Waals surface area contributed by atoms with Crippen molar-refractivity contribution in [3.8, 4) is 0 Å². The van der Waals surface area contributed by atoms with Crippen LogP contribution in [0.1, 0.15) is 44.5 Å². The number of nitrogens with zero attached hydrogens (tertiary/aromatic N) is 3. The summed E-state index contributed by atoms with van der Waals surface area (Å²) in [6.07, 6.45) is 4.02. The number of aromatic nitrogens is 2. The van der Waals surface area contributed by atoms with E-state index in [1.165, 1.54) is 12.1 Å². The Labute approximate surface area is 258 Å². The van der Waals surface area contributed by atoms with Crippen LogP contribution in [0.25, 0.3) is 0 Å². The van der Waals surface area contributed by atoms with Crippen LogP contribution in [0.2, 0.25) is 0 Å². The van der Waals surface area contributed by atoms with Gasteiger partial charge in [0, 0.05) is 43.8 Å². The van der Waals surface area contributed by atoms with Crippen molar-refractivity contribution in [1.82, 2.24) is 20.0 Å². The van der Waals surface area contributed by atoms with E-state index >= 15 is 0 Å². The molecule has 44 heavy (non-hydrogen) atoms. The summed E-state index contributed by atoms with van der Waals surface area (Å²) in [6.45, 7) is 7.57. The molecule has 0 unspecified atom stereocenters. The van der Waals surface area contributed by atoms with Gasteiger partial charge < -0.3 is 25.0 Å². The molecule has 1 aliphatic rings. The van der Waals surface area contributed by atoms with Gasteiger partial charge >= 0.3 is 5.97 Å². The van der Waals surface area contributed by atoms with Crippen LogP contribution in [0, 0.1) is 0 Å². The van der Waals surface area contributed by atoms with Crippen molar-refractivity contribution in [2.45, 2.75) is 68.8 Å². The lowest BCUT2D eigenvalue weighted by atomic mass is 9.94. The summed E-state index contributed by atoms with van der Waals surface area (Å²) in [5.74, 6) is -0.707. The molecular formula is C31H40N6O6S. The van der Waals surface area contributed by atoms with Crippen molar-refractivity contribution < 1.29 is 27.5 Å². The van der Waals surface area contributed by atoms with Gasteiger partial charge in [-0.3, -0.25) is 9.59 Å². The number of ether oxygens (including phenoxy) is 2. The molecule has 0 spiro atoms. The van der Waals surface area contributed by atoms with Crippen LogP contribution in [0.4, 0.5) is 11.6 Å². The molecule has 2 heterocycles. The number of hydrogen-bond acceptors (Lipinski definition) is 10. The van der Waals surface area contributed by atoms with E-state index in [-0.39, 0.29) is 29.6 Å². The molecule has 0 bridgehead atoms. The summed E-state index contributed by atoms with van der Waals surface area (Å²) in [4.78, 5) is 36.7. The molecule has 3 aromatic rings. The monoisotopic (exact) mass is 624 g/mol. The summed E-state index contributed by atoms with van der Waals surface area (Å²) in [5, 5.41) is 6.04. The van der Waals surface area contributed by atoms with Crippen LogP contribution in [0.5, 0.6) is 0 Å². The van der Waals surface area contributed by atoms with Crippen molar-refractivity contribution in [3.05, 3.63) is 78.6 Å². The number of amides is 1.